The zero-order valence-corrected chi connectivity index (χ0v) is 17.8. The van der Waals surface area contributed by atoms with Gasteiger partial charge in [-0.2, -0.15) is 0 Å². The molecule has 0 aromatic carbocycles. The molecule has 6 heteroatoms. The van der Waals surface area contributed by atoms with E-state index in [9.17, 15) is 0 Å². The van der Waals surface area contributed by atoms with Gasteiger partial charge in [-0.05, 0) is 31.2 Å². The van der Waals surface area contributed by atoms with E-state index < -0.39 is 0 Å². The van der Waals surface area contributed by atoms with Crippen molar-refractivity contribution in [3.63, 3.8) is 0 Å². The second kappa shape index (κ2) is 9.84. The largest absolute Gasteiger partial charge is 0.378 e. The van der Waals surface area contributed by atoms with Crippen molar-refractivity contribution in [2.45, 2.75) is 45.1 Å². The number of likely N-dealkylation sites (tertiary alicyclic amines) is 1. The Balaban J connectivity index is 0.00000264. The maximum absolute atomic E-state index is 5.72. The summed E-state index contributed by atoms with van der Waals surface area (Å²) in [6.07, 6.45) is 2.59. The van der Waals surface area contributed by atoms with Crippen molar-refractivity contribution in [2.75, 3.05) is 33.3 Å². The summed E-state index contributed by atoms with van der Waals surface area (Å²) in [5, 5.41) is 5.70. The van der Waals surface area contributed by atoms with Crippen LogP contribution >= 0.6 is 35.3 Å². The first kappa shape index (κ1) is 20.7. The number of halogens is 1. The maximum Gasteiger partial charge on any atom is 0.193 e. The van der Waals surface area contributed by atoms with Crippen LogP contribution in [0.5, 0.6) is 0 Å². The maximum atomic E-state index is 5.72. The molecule has 0 radical (unpaired) electrons. The standard InChI is InChI=1S/C17H29N3OS.HI/c1-5-21-14-8-10-20(11-9-14)16(18-4)19-13-17(2,3)15-7-6-12-22-15;/h6-7,12,14H,5,8-11,13H2,1-4H3,(H,18,19);1H. The molecule has 0 amide bonds. The molecule has 0 aliphatic carbocycles. The minimum absolute atomic E-state index is 0. The van der Waals surface area contributed by atoms with E-state index in [0.717, 1.165) is 45.0 Å². The van der Waals surface area contributed by atoms with E-state index in [0.29, 0.717) is 6.10 Å². The smallest absolute Gasteiger partial charge is 0.193 e. The molecule has 1 aromatic rings. The highest BCUT2D eigenvalue weighted by atomic mass is 127. The third-order valence-electron chi connectivity index (χ3n) is 4.23. The molecule has 0 spiro atoms. The third-order valence-corrected chi connectivity index (χ3v) is 5.47. The highest BCUT2D eigenvalue weighted by Gasteiger charge is 2.25. The summed E-state index contributed by atoms with van der Waals surface area (Å²) in [6.45, 7) is 10.4. The molecule has 0 saturated carbocycles. The van der Waals surface area contributed by atoms with Crippen LogP contribution < -0.4 is 5.32 Å². The lowest BCUT2D eigenvalue weighted by Gasteiger charge is -2.35. The number of thiophene rings is 1. The van der Waals surface area contributed by atoms with E-state index in [1.54, 1.807) is 0 Å². The van der Waals surface area contributed by atoms with E-state index >= 15 is 0 Å². The van der Waals surface area contributed by atoms with Crippen LogP contribution in [0.1, 0.15) is 38.5 Å². The van der Waals surface area contributed by atoms with Crippen LogP contribution in [-0.4, -0.2) is 50.3 Å². The minimum atomic E-state index is 0. The highest BCUT2D eigenvalue weighted by molar-refractivity contribution is 14.0. The lowest BCUT2D eigenvalue weighted by Crippen LogP contribution is -2.49. The van der Waals surface area contributed by atoms with Crippen LogP contribution in [0.3, 0.4) is 0 Å². The number of nitrogens with zero attached hydrogens (tertiary/aromatic N) is 2. The molecule has 23 heavy (non-hydrogen) atoms. The van der Waals surface area contributed by atoms with E-state index in [2.05, 4.69) is 53.5 Å². The molecule has 4 nitrogen and oxygen atoms in total. The predicted molar refractivity (Wildman–Crippen MR) is 110 cm³/mol. The summed E-state index contributed by atoms with van der Waals surface area (Å²) in [5.74, 6) is 1.01. The van der Waals surface area contributed by atoms with Gasteiger partial charge in [0.25, 0.3) is 0 Å². The molecular formula is C17H30IN3OS. The van der Waals surface area contributed by atoms with Crippen molar-refractivity contribution in [2.24, 2.45) is 4.99 Å². The van der Waals surface area contributed by atoms with Crippen LogP contribution in [0.25, 0.3) is 0 Å². The zero-order valence-electron chi connectivity index (χ0n) is 14.7. The Hall–Kier alpha value is -0.340. The van der Waals surface area contributed by atoms with Gasteiger partial charge in [0.15, 0.2) is 5.96 Å². The summed E-state index contributed by atoms with van der Waals surface area (Å²) in [6, 6.07) is 4.33. The van der Waals surface area contributed by atoms with Crippen LogP contribution in [-0.2, 0) is 10.2 Å². The molecular weight excluding hydrogens is 421 g/mol. The van der Waals surface area contributed by atoms with Crippen LogP contribution in [0.15, 0.2) is 22.5 Å². The van der Waals surface area contributed by atoms with Crippen LogP contribution in [0.4, 0.5) is 0 Å². The second-order valence-electron chi connectivity index (χ2n) is 6.40. The Morgan fingerprint density at radius 2 is 2.13 bits per heavy atom. The Bertz CT molecular complexity index is 468. The monoisotopic (exact) mass is 451 g/mol. The number of hydrogen-bond donors (Lipinski definition) is 1. The molecule has 1 saturated heterocycles. The first-order chi connectivity index (χ1) is 10.6. The van der Waals surface area contributed by atoms with Gasteiger partial charge in [-0.25, -0.2) is 0 Å². The zero-order chi connectivity index (χ0) is 16.0. The van der Waals surface area contributed by atoms with Gasteiger partial charge >= 0.3 is 0 Å². The molecule has 2 rings (SSSR count). The summed E-state index contributed by atoms with van der Waals surface area (Å²) in [4.78, 5) is 8.22. The van der Waals surface area contributed by atoms with Crippen molar-refractivity contribution >= 4 is 41.3 Å². The Labute approximate surface area is 161 Å². The fourth-order valence-electron chi connectivity index (χ4n) is 2.85. The highest BCUT2D eigenvalue weighted by Crippen LogP contribution is 2.26. The van der Waals surface area contributed by atoms with Crippen molar-refractivity contribution in [3.8, 4) is 0 Å². The molecule has 0 atom stereocenters. The molecule has 0 unspecified atom stereocenters. The number of aliphatic imine (C=N–C) groups is 1. The molecule has 132 valence electrons. The summed E-state index contributed by atoms with van der Waals surface area (Å²) < 4.78 is 5.72. The average Bonchev–Trinajstić information content (AvgIpc) is 3.05. The number of rotatable bonds is 5. The number of guanidine groups is 1. The quantitative estimate of drug-likeness (QED) is 0.421. The Morgan fingerprint density at radius 1 is 1.43 bits per heavy atom. The normalized spacial score (nSPS) is 17.0. The Morgan fingerprint density at radius 3 is 2.65 bits per heavy atom. The SMILES string of the molecule is CCOC1CCN(C(=NC)NCC(C)(C)c2cccs2)CC1.I. The fourth-order valence-corrected chi connectivity index (χ4v) is 3.71. The lowest BCUT2D eigenvalue weighted by atomic mass is 9.91. The lowest BCUT2D eigenvalue weighted by molar-refractivity contribution is 0.0263. The van der Waals surface area contributed by atoms with Gasteiger partial charge in [0.1, 0.15) is 0 Å². The van der Waals surface area contributed by atoms with Crippen molar-refractivity contribution < 1.29 is 4.74 Å². The molecule has 2 heterocycles. The van der Waals surface area contributed by atoms with Crippen molar-refractivity contribution in [3.05, 3.63) is 22.4 Å². The molecule has 1 fully saturated rings. The molecule has 1 aliphatic heterocycles. The summed E-state index contributed by atoms with van der Waals surface area (Å²) >= 11 is 1.82. The van der Waals surface area contributed by atoms with Gasteiger partial charge in [-0.1, -0.05) is 19.9 Å². The molecule has 1 aromatic heterocycles. The van der Waals surface area contributed by atoms with Gasteiger partial charge in [-0.15, -0.1) is 35.3 Å². The summed E-state index contributed by atoms with van der Waals surface area (Å²) in [7, 11) is 1.87. The van der Waals surface area contributed by atoms with Crippen LogP contribution in [0, 0.1) is 0 Å². The molecule has 1 aliphatic rings. The average molecular weight is 451 g/mol. The fraction of sp³-hybridized carbons (Fsp3) is 0.706. The van der Waals surface area contributed by atoms with E-state index in [4.69, 9.17) is 4.74 Å². The van der Waals surface area contributed by atoms with Gasteiger partial charge in [0, 0.05) is 43.6 Å². The minimum Gasteiger partial charge on any atom is -0.378 e. The van der Waals surface area contributed by atoms with E-state index in [1.807, 2.05) is 18.4 Å². The first-order valence-corrected chi connectivity index (χ1v) is 9.06. The molecule has 1 N–H and O–H groups in total. The van der Waals surface area contributed by atoms with Crippen molar-refractivity contribution in [1.29, 1.82) is 0 Å². The van der Waals surface area contributed by atoms with E-state index in [1.165, 1.54) is 4.88 Å². The van der Waals surface area contributed by atoms with Crippen LogP contribution in [0.2, 0.25) is 0 Å². The third kappa shape index (κ3) is 5.90. The predicted octanol–water partition coefficient (Wildman–Crippen LogP) is 3.72. The van der Waals surface area contributed by atoms with Gasteiger partial charge in [0.2, 0.25) is 0 Å². The van der Waals surface area contributed by atoms with Gasteiger partial charge in [0.05, 0.1) is 6.10 Å². The summed E-state index contributed by atoms with van der Waals surface area (Å²) in [5.41, 5.74) is 0.119. The molecule has 0 bridgehead atoms. The van der Waals surface area contributed by atoms with Crippen molar-refractivity contribution in [1.82, 2.24) is 10.2 Å². The van der Waals surface area contributed by atoms with Gasteiger partial charge in [-0.3, -0.25) is 4.99 Å². The first-order valence-electron chi connectivity index (χ1n) is 8.18. The number of piperidine rings is 1. The number of nitrogens with one attached hydrogen (secondary N) is 1. The Kier molecular flexibility index (Phi) is 8.85. The number of ether oxygens (including phenoxy) is 1. The topological polar surface area (TPSA) is 36.9 Å². The van der Waals surface area contributed by atoms with Gasteiger partial charge < -0.3 is 15.0 Å². The second-order valence-corrected chi connectivity index (χ2v) is 7.35. The number of hydrogen-bond acceptors (Lipinski definition) is 3. The van der Waals surface area contributed by atoms with E-state index in [-0.39, 0.29) is 29.4 Å².